The molecular weight excluding hydrogens is 556 g/mol. The maximum Gasteiger partial charge on any atom is 0.320 e. The average Bonchev–Trinajstić information content (AvgIpc) is 3.08. The van der Waals surface area contributed by atoms with Crippen LogP contribution in [0.1, 0.15) is 58.7 Å². The number of hydrogen-bond donors (Lipinski definition) is 2. The molecule has 0 bridgehead atoms. The van der Waals surface area contributed by atoms with Crippen molar-refractivity contribution in [3.8, 4) is 11.3 Å². The van der Waals surface area contributed by atoms with Crippen molar-refractivity contribution in [3.05, 3.63) is 35.5 Å². The van der Waals surface area contributed by atoms with Crippen molar-refractivity contribution in [2.24, 2.45) is 5.92 Å². The fourth-order valence-corrected chi connectivity index (χ4v) is 5.05. The summed E-state index contributed by atoms with van der Waals surface area (Å²) in [7, 11) is 2.12. The highest BCUT2D eigenvalue weighted by Gasteiger charge is 2.26. The second kappa shape index (κ2) is 19.7. The zero-order chi connectivity index (χ0) is 32.5. The van der Waals surface area contributed by atoms with E-state index in [2.05, 4.69) is 34.1 Å². The lowest BCUT2D eigenvalue weighted by Gasteiger charge is -2.38. The lowest BCUT2D eigenvalue weighted by molar-refractivity contribution is -0.105. The van der Waals surface area contributed by atoms with Gasteiger partial charge in [-0.3, -0.25) is 4.79 Å². The van der Waals surface area contributed by atoms with Crippen LogP contribution in [0.3, 0.4) is 0 Å². The van der Waals surface area contributed by atoms with Crippen molar-refractivity contribution in [1.82, 2.24) is 24.7 Å². The number of urea groups is 1. The Kier molecular flexibility index (Phi) is 16.4. The number of hydrogen-bond acceptors (Lipinski definition) is 8. The van der Waals surface area contributed by atoms with Crippen molar-refractivity contribution < 1.29 is 14.3 Å². The summed E-state index contributed by atoms with van der Waals surface area (Å²) in [5, 5.41) is 10.3. The van der Waals surface area contributed by atoms with E-state index >= 15 is 0 Å². The van der Waals surface area contributed by atoms with Gasteiger partial charge in [0, 0.05) is 75.4 Å². The van der Waals surface area contributed by atoms with Crippen LogP contribution in [-0.2, 0) is 9.53 Å². The minimum absolute atomic E-state index is 0.264. The van der Waals surface area contributed by atoms with Crippen LogP contribution in [0.2, 0.25) is 0 Å². The molecule has 5 rings (SSSR count). The SMILES string of the molecule is CC.CC.CC1CCN(C(=O)N2CCN(C)CC2)CC1.Cc1nc(N2CCOCC2)nc(-c2ccc(NC=O)cc2)c1C=N. The number of aryl methyl sites for hydroxylation is 1. The second-order valence-corrected chi connectivity index (χ2v) is 10.7. The van der Waals surface area contributed by atoms with Gasteiger partial charge in [-0.15, -0.1) is 0 Å². The van der Waals surface area contributed by atoms with E-state index in [-0.39, 0.29) is 6.03 Å². The van der Waals surface area contributed by atoms with Crippen LogP contribution < -0.4 is 10.2 Å². The number of piperidine rings is 1. The van der Waals surface area contributed by atoms with E-state index in [0.29, 0.717) is 36.8 Å². The van der Waals surface area contributed by atoms with Crippen molar-refractivity contribution in [1.29, 1.82) is 5.41 Å². The van der Waals surface area contributed by atoms with Crippen LogP contribution >= 0.6 is 0 Å². The van der Waals surface area contributed by atoms with Gasteiger partial charge in [0.1, 0.15) is 0 Å². The molecule has 0 saturated carbocycles. The molecule has 2 N–H and O–H groups in total. The van der Waals surface area contributed by atoms with Gasteiger partial charge >= 0.3 is 6.03 Å². The Balaban J connectivity index is 0.000000293. The Morgan fingerprint density at radius 1 is 0.909 bits per heavy atom. The molecule has 3 aliphatic heterocycles. The highest BCUT2D eigenvalue weighted by molar-refractivity contribution is 5.89. The topological polar surface area (TPSA) is 118 Å². The lowest BCUT2D eigenvalue weighted by atomic mass is 9.99. The van der Waals surface area contributed by atoms with Crippen molar-refractivity contribution >= 4 is 30.3 Å². The third-order valence-corrected chi connectivity index (χ3v) is 7.77. The maximum atomic E-state index is 12.2. The monoisotopic (exact) mass is 610 g/mol. The number of nitrogens with zero attached hydrogens (tertiary/aromatic N) is 6. The number of likely N-dealkylation sites (N-methyl/N-ethyl adjacent to an activating group) is 1. The number of carbonyl (C=O) groups excluding carboxylic acids is 2. The first-order chi connectivity index (χ1) is 21.4. The molecule has 3 amide bonds. The van der Waals surface area contributed by atoms with Gasteiger partial charge in [-0.25, -0.2) is 14.8 Å². The van der Waals surface area contributed by atoms with Crippen molar-refractivity contribution in [2.45, 2.75) is 54.4 Å². The Morgan fingerprint density at radius 2 is 1.48 bits per heavy atom. The molecule has 0 unspecified atom stereocenters. The largest absolute Gasteiger partial charge is 0.378 e. The highest BCUT2D eigenvalue weighted by Crippen LogP contribution is 2.26. The quantitative estimate of drug-likeness (QED) is 0.362. The van der Waals surface area contributed by atoms with E-state index in [4.69, 9.17) is 15.1 Å². The summed E-state index contributed by atoms with van der Waals surface area (Å²) in [6.45, 7) is 20.7. The molecule has 0 aliphatic carbocycles. The Morgan fingerprint density at radius 3 is 2.02 bits per heavy atom. The molecular formula is C33H54N8O3. The first kappa shape index (κ1) is 36.6. The van der Waals surface area contributed by atoms with Gasteiger partial charge in [0.2, 0.25) is 12.4 Å². The number of likely N-dealkylation sites (tertiary alicyclic amines) is 1. The number of aromatic nitrogens is 2. The number of piperazine rings is 1. The van der Waals surface area contributed by atoms with Crippen molar-refractivity contribution in [2.75, 3.05) is 82.8 Å². The van der Waals surface area contributed by atoms with Gasteiger partial charge in [-0.05, 0) is 44.9 Å². The molecule has 3 saturated heterocycles. The number of ether oxygens (including phenoxy) is 1. The maximum absolute atomic E-state index is 12.2. The van der Waals surface area contributed by atoms with Crippen LogP contribution in [-0.4, -0.2) is 116 Å². The van der Waals surface area contributed by atoms with Gasteiger partial charge in [0.15, 0.2) is 0 Å². The molecule has 1 aromatic heterocycles. The molecule has 0 atom stereocenters. The molecule has 1 aromatic carbocycles. The summed E-state index contributed by atoms with van der Waals surface area (Å²) < 4.78 is 5.38. The minimum atomic E-state index is 0.264. The fraction of sp³-hybridized carbons (Fsp3) is 0.606. The van der Waals surface area contributed by atoms with E-state index in [0.717, 1.165) is 75.2 Å². The third-order valence-electron chi connectivity index (χ3n) is 7.77. The van der Waals surface area contributed by atoms with Gasteiger partial charge in [-0.1, -0.05) is 46.8 Å². The molecule has 11 nitrogen and oxygen atoms in total. The first-order valence-corrected chi connectivity index (χ1v) is 16.1. The number of anilines is 2. The van der Waals surface area contributed by atoms with Crippen LogP contribution in [0.4, 0.5) is 16.4 Å². The molecule has 4 heterocycles. The Bertz CT molecular complexity index is 1110. The van der Waals surface area contributed by atoms with Gasteiger partial charge < -0.3 is 35.1 Å². The molecule has 244 valence electrons. The van der Waals surface area contributed by atoms with Crippen molar-refractivity contribution in [3.63, 3.8) is 0 Å². The van der Waals surface area contributed by atoms with Gasteiger partial charge in [-0.2, -0.15) is 0 Å². The van der Waals surface area contributed by atoms with Crippen LogP contribution in [0.5, 0.6) is 0 Å². The lowest BCUT2D eigenvalue weighted by Crippen LogP contribution is -2.53. The summed E-state index contributed by atoms with van der Waals surface area (Å²) in [5.74, 6) is 1.45. The number of amides is 3. The standard InChI is InChI=1S/C17H19N5O2.C12H23N3O.2C2H6/c1-12-15(10-18)16(13-2-4-14(5-3-13)19-11-23)21-17(20-12)22-6-8-24-9-7-22;1-11-3-5-14(6-4-11)12(16)15-9-7-13(2)8-10-15;2*1-2/h2-5,10-11,18H,6-9H2,1H3,(H,19,23);11H,3-10H2,1-2H3;2*1-2H3. The summed E-state index contributed by atoms with van der Waals surface area (Å²) in [6, 6.07) is 7.64. The number of nitrogens with one attached hydrogen (secondary N) is 2. The minimum Gasteiger partial charge on any atom is -0.378 e. The molecule has 0 spiro atoms. The number of carbonyl (C=O) groups is 2. The zero-order valence-electron chi connectivity index (χ0n) is 27.9. The predicted molar refractivity (Wildman–Crippen MR) is 180 cm³/mol. The summed E-state index contributed by atoms with van der Waals surface area (Å²) in [4.78, 5) is 40.4. The normalized spacial score (nSPS) is 17.1. The number of morpholine rings is 1. The summed E-state index contributed by atoms with van der Waals surface area (Å²) in [5.41, 5.74) is 3.78. The van der Waals surface area contributed by atoms with Gasteiger partial charge in [0.25, 0.3) is 0 Å². The van der Waals surface area contributed by atoms with Crippen LogP contribution in [0.25, 0.3) is 11.3 Å². The third kappa shape index (κ3) is 10.6. The Labute approximate surface area is 264 Å². The van der Waals surface area contributed by atoms with E-state index in [1.54, 1.807) is 0 Å². The fourth-order valence-electron chi connectivity index (χ4n) is 5.05. The first-order valence-electron chi connectivity index (χ1n) is 16.1. The van der Waals surface area contributed by atoms with Gasteiger partial charge in [0.05, 0.1) is 24.6 Å². The second-order valence-electron chi connectivity index (χ2n) is 10.7. The number of rotatable bonds is 5. The molecule has 3 fully saturated rings. The van der Waals surface area contributed by atoms with E-state index in [9.17, 15) is 9.59 Å². The molecule has 2 aromatic rings. The predicted octanol–water partition coefficient (Wildman–Crippen LogP) is 4.99. The van der Waals surface area contributed by atoms with Crippen LogP contribution in [0, 0.1) is 18.3 Å². The molecule has 44 heavy (non-hydrogen) atoms. The summed E-state index contributed by atoms with van der Waals surface area (Å²) >= 11 is 0. The van der Waals surface area contributed by atoms with E-state index < -0.39 is 0 Å². The Hall–Kier alpha value is -3.57. The highest BCUT2D eigenvalue weighted by atomic mass is 16.5. The van der Waals surface area contributed by atoms with Crippen LogP contribution in [0.15, 0.2) is 24.3 Å². The molecule has 11 heteroatoms. The summed E-state index contributed by atoms with van der Waals surface area (Å²) in [6.07, 6.45) is 4.26. The zero-order valence-corrected chi connectivity index (χ0v) is 27.9. The van der Waals surface area contributed by atoms with E-state index in [1.165, 1.54) is 19.1 Å². The molecule has 0 radical (unpaired) electrons. The number of benzene rings is 1. The smallest absolute Gasteiger partial charge is 0.320 e. The average molecular weight is 611 g/mol. The molecule has 3 aliphatic rings. The van der Waals surface area contributed by atoms with E-state index in [1.807, 2.05) is 68.7 Å².